The molecule has 3 nitrogen and oxygen atoms in total. The average molecular weight is 221 g/mol. The van der Waals surface area contributed by atoms with E-state index in [-0.39, 0.29) is 0 Å². The van der Waals surface area contributed by atoms with E-state index in [9.17, 15) is 0 Å². The Morgan fingerprint density at radius 3 is 2.88 bits per heavy atom. The Balaban J connectivity index is 1.91. The molecule has 3 heteroatoms. The molecule has 1 heterocycles. The fraction of sp³-hybridized carbons (Fsp3) is 0.769. The van der Waals surface area contributed by atoms with Gasteiger partial charge in [0.25, 0.3) is 0 Å². The van der Waals surface area contributed by atoms with Crippen molar-refractivity contribution in [2.75, 3.05) is 0 Å². The van der Waals surface area contributed by atoms with Crippen molar-refractivity contribution in [1.29, 1.82) is 0 Å². The molecule has 0 unspecified atom stereocenters. The molecular formula is C13H23N3. The van der Waals surface area contributed by atoms with E-state index in [0.29, 0.717) is 5.54 Å². The second-order valence-electron chi connectivity index (χ2n) is 5.17. The molecule has 0 radical (unpaired) electrons. The Bertz CT molecular complexity index is 324. The molecule has 1 fully saturated rings. The van der Waals surface area contributed by atoms with E-state index in [4.69, 9.17) is 0 Å². The van der Waals surface area contributed by atoms with Crippen LogP contribution in [0.1, 0.15) is 51.6 Å². The molecular weight excluding hydrogens is 198 g/mol. The summed E-state index contributed by atoms with van der Waals surface area (Å²) in [6, 6.07) is 2.13. The molecule has 0 spiro atoms. The fourth-order valence-electron chi connectivity index (χ4n) is 2.56. The molecule has 1 aliphatic carbocycles. The van der Waals surface area contributed by atoms with Crippen LogP contribution in [0.4, 0.5) is 0 Å². The molecule has 0 aromatic carbocycles. The normalized spacial score (nSPS) is 19.1. The standard InChI is InChI=1S/C13H23N3/c1-3-10-16-12(6-9-15-16)11-14-13(2)7-4-5-8-13/h6,9,14H,3-5,7-8,10-11H2,1-2H3. The fourth-order valence-corrected chi connectivity index (χ4v) is 2.56. The summed E-state index contributed by atoms with van der Waals surface area (Å²) in [5.41, 5.74) is 1.68. The highest BCUT2D eigenvalue weighted by Gasteiger charge is 2.27. The number of nitrogens with zero attached hydrogens (tertiary/aromatic N) is 2. The van der Waals surface area contributed by atoms with Gasteiger partial charge in [-0.2, -0.15) is 5.10 Å². The lowest BCUT2D eigenvalue weighted by Crippen LogP contribution is -2.39. The summed E-state index contributed by atoms with van der Waals surface area (Å²) in [5.74, 6) is 0. The van der Waals surface area contributed by atoms with Crippen LogP contribution in [0, 0.1) is 0 Å². The van der Waals surface area contributed by atoms with Crippen LogP contribution in [-0.4, -0.2) is 15.3 Å². The van der Waals surface area contributed by atoms with Gasteiger partial charge in [-0.15, -0.1) is 0 Å². The molecule has 0 atom stereocenters. The van der Waals surface area contributed by atoms with Crippen LogP contribution in [0.25, 0.3) is 0 Å². The number of rotatable bonds is 5. The summed E-state index contributed by atoms with van der Waals surface area (Å²) in [6.07, 6.45) is 8.43. The summed E-state index contributed by atoms with van der Waals surface area (Å²) in [5, 5.41) is 8.05. The molecule has 0 bridgehead atoms. The zero-order valence-electron chi connectivity index (χ0n) is 10.5. The maximum Gasteiger partial charge on any atom is 0.0522 e. The molecule has 1 N–H and O–H groups in total. The summed E-state index contributed by atoms with van der Waals surface area (Å²) in [7, 11) is 0. The van der Waals surface area contributed by atoms with Gasteiger partial charge in [0, 0.05) is 24.8 Å². The highest BCUT2D eigenvalue weighted by atomic mass is 15.3. The predicted molar refractivity (Wildman–Crippen MR) is 66.2 cm³/mol. The van der Waals surface area contributed by atoms with Crippen molar-refractivity contribution in [3.8, 4) is 0 Å². The van der Waals surface area contributed by atoms with Gasteiger partial charge in [0.1, 0.15) is 0 Å². The van der Waals surface area contributed by atoms with Crippen LogP contribution >= 0.6 is 0 Å². The zero-order chi connectivity index (χ0) is 11.4. The number of aromatic nitrogens is 2. The smallest absolute Gasteiger partial charge is 0.0522 e. The Hall–Kier alpha value is -0.830. The molecule has 16 heavy (non-hydrogen) atoms. The van der Waals surface area contributed by atoms with Crippen molar-refractivity contribution in [3.05, 3.63) is 18.0 Å². The van der Waals surface area contributed by atoms with E-state index < -0.39 is 0 Å². The lowest BCUT2D eigenvalue weighted by Gasteiger charge is -2.25. The molecule has 1 aromatic heterocycles. The van der Waals surface area contributed by atoms with Crippen LogP contribution in [0.2, 0.25) is 0 Å². The van der Waals surface area contributed by atoms with Gasteiger partial charge in [0.2, 0.25) is 0 Å². The van der Waals surface area contributed by atoms with E-state index in [1.807, 2.05) is 6.20 Å². The third kappa shape index (κ3) is 2.64. The molecule has 1 aromatic rings. The van der Waals surface area contributed by atoms with E-state index in [0.717, 1.165) is 19.5 Å². The Labute approximate surface area is 98.2 Å². The lowest BCUT2D eigenvalue weighted by molar-refractivity contribution is 0.355. The van der Waals surface area contributed by atoms with E-state index >= 15 is 0 Å². The first-order valence-corrected chi connectivity index (χ1v) is 6.49. The molecule has 0 saturated heterocycles. The largest absolute Gasteiger partial charge is 0.306 e. The molecule has 1 aliphatic rings. The van der Waals surface area contributed by atoms with Crippen LogP contribution in [-0.2, 0) is 13.1 Å². The first-order valence-electron chi connectivity index (χ1n) is 6.49. The quantitative estimate of drug-likeness (QED) is 0.828. The van der Waals surface area contributed by atoms with Crippen molar-refractivity contribution < 1.29 is 0 Å². The number of hydrogen-bond donors (Lipinski definition) is 1. The summed E-state index contributed by atoms with van der Waals surface area (Å²) < 4.78 is 2.12. The minimum absolute atomic E-state index is 0.362. The third-order valence-electron chi connectivity index (χ3n) is 3.64. The van der Waals surface area contributed by atoms with Crippen molar-refractivity contribution in [1.82, 2.24) is 15.1 Å². The summed E-state index contributed by atoms with van der Waals surface area (Å²) in [4.78, 5) is 0. The Kier molecular flexibility index (Phi) is 3.64. The first-order chi connectivity index (χ1) is 7.73. The maximum atomic E-state index is 4.35. The third-order valence-corrected chi connectivity index (χ3v) is 3.64. The summed E-state index contributed by atoms with van der Waals surface area (Å²) >= 11 is 0. The van der Waals surface area contributed by atoms with Crippen molar-refractivity contribution in [3.63, 3.8) is 0 Å². The number of hydrogen-bond acceptors (Lipinski definition) is 2. The van der Waals surface area contributed by atoms with Crippen LogP contribution < -0.4 is 5.32 Å². The first kappa shape index (κ1) is 11.6. The maximum absolute atomic E-state index is 4.35. The van der Waals surface area contributed by atoms with Crippen molar-refractivity contribution >= 4 is 0 Å². The van der Waals surface area contributed by atoms with Gasteiger partial charge in [-0.25, -0.2) is 0 Å². The van der Waals surface area contributed by atoms with Crippen LogP contribution in [0.5, 0.6) is 0 Å². The molecule has 1 saturated carbocycles. The molecule has 0 aliphatic heterocycles. The van der Waals surface area contributed by atoms with Gasteiger partial charge < -0.3 is 5.32 Å². The lowest BCUT2D eigenvalue weighted by atomic mass is 10.0. The van der Waals surface area contributed by atoms with E-state index in [1.54, 1.807) is 0 Å². The Morgan fingerprint density at radius 2 is 2.19 bits per heavy atom. The molecule has 2 rings (SSSR count). The molecule has 0 amide bonds. The highest BCUT2D eigenvalue weighted by Crippen LogP contribution is 2.29. The topological polar surface area (TPSA) is 29.9 Å². The monoisotopic (exact) mass is 221 g/mol. The highest BCUT2D eigenvalue weighted by molar-refractivity contribution is 5.02. The van der Waals surface area contributed by atoms with Crippen molar-refractivity contribution in [2.24, 2.45) is 0 Å². The van der Waals surface area contributed by atoms with Crippen LogP contribution in [0.15, 0.2) is 12.3 Å². The van der Waals surface area contributed by atoms with Gasteiger partial charge in [0.15, 0.2) is 0 Å². The molecule has 90 valence electrons. The Morgan fingerprint density at radius 1 is 1.44 bits per heavy atom. The van der Waals surface area contributed by atoms with Gasteiger partial charge in [0.05, 0.1) is 5.69 Å². The van der Waals surface area contributed by atoms with Gasteiger partial charge in [-0.05, 0) is 32.3 Å². The van der Waals surface area contributed by atoms with Crippen molar-refractivity contribution in [2.45, 2.75) is 64.6 Å². The number of nitrogens with one attached hydrogen (secondary N) is 1. The van der Waals surface area contributed by atoms with Crippen LogP contribution in [0.3, 0.4) is 0 Å². The predicted octanol–water partition coefficient (Wildman–Crippen LogP) is 2.72. The minimum Gasteiger partial charge on any atom is -0.306 e. The van der Waals surface area contributed by atoms with E-state index in [1.165, 1.54) is 31.4 Å². The van der Waals surface area contributed by atoms with Gasteiger partial charge in [-0.3, -0.25) is 4.68 Å². The SMILES string of the molecule is CCCn1nccc1CNC1(C)CCCC1. The second kappa shape index (κ2) is 5.00. The van der Waals surface area contributed by atoms with Gasteiger partial charge in [-0.1, -0.05) is 19.8 Å². The second-order valence-corrected chi connectivity index (χ2v) is 5.17. The summed E-state index contributed by atoms with van der Waals surface area (Å²) in [6.45, 7) is 6.52. The zero-order valence-corrected chi connectivity index (χ0v) is 10.5. The minimum atomic E-state index is 0.362. The number of aryl methyl sites for hydroxylation is 1. The van der Waals surface area contributed by atoms with E-state index in [2.05, 4.69) is 35.0 Å². The average Bonchev–Trinajstić information content (AvgIpc) is 2.86. The van der Waals surface area contributed by atoms with Gasteiger partial charge >= 0.3 is 0 Å².